The number of rotatable bonds is 5. The molecule has 0 unspecified atom stereocenters. The quantitative estimate of drug-likeness (QED) is 0.468. The summed E-state index contributed by atoms with van der Waals surface area (Å²) >= 11 is 0. The van der Waals surface area contributed by atoms with Crippen LogP contribution in [0, 0.1) is 0 Å². The third kappa shape index (κ3) is 17.8. The van der Waals surface area contributed by atoms with E-state index in [2.05, 4.69) is 11.9 Å². The van der Waals surface area contributed by atoms with Crippen LogP contribution in [0.2, 0.25) is 0 Å². The van der Waals surface area contributed by atoms with Crippen LogP contribution < -0.4 is 0 Å². The van der Waals surface area contributed by atoms with E-state index < -0.39 is 0 Å². The van der Waals surface area contributed by atoms with Crippen molar-refractivity contribution < 1.29 is 24.0 Å². The van der Waals surface area contributed by atoms with Crippen LogP contribution in [0.15, 0.2) is 0 Å². The van der Waals surface area contributed by atoms with Gasteiger partial charge in [-0.2, -0.15) is 0 Å². The molecule has 0 bridgehead atoms. The van der Waals surface area contributed by atoms with Gasteiger partial charge in [-0.3, -0.25) is 24.0 Å². The van der Waals surface area contributed by atoms with Crippen LogP contribution in [-0.2, 0) is 24.0 Å². The van der Waals surface area contributed by atoms with Crippen molar-refractivity contribution >= 4 is 32.1 Å². The van der Waals surface area contributed by atoms with Crippen LogP contribution in [0.4, 0.5) is 0 Å². The van der Waals surface area contributed by atoms with Crippen LogP contribution in [-0.4, -0.2) is 147 Å². The Morgan fingerprint density at radius 2 is 0.500 bits per heavy atom. The normalized spacial score (nSPS) is 21.0. The lowest BCUT2D eigenvalue weighted by molar-refractivity contribution is -0.120. The number of amides is 5. The second-order valence-corrected chi connectivity index (χ2v) is 10.9. The Hall–Kier alpha value is -2.69. The summed E-state index contributed by atoms with van der Waals surface area (Å²) in [6, 6.07) is 0. The van der Waals surface area contributed by atoms with Gasteiger partial charge in [0.2, 0.25) is 32.1 Å². The van der Waals surface area contributed by atoms with Crippen LogP contribution in [0.1, 0.15) is 70.6 Å². The molecule has 5 amide bonds. The maximum absolute atomic E-state index is 10.2. The zero-order valence-corrected chi connectivity index (χ0v) is 24.9. The molecule has 0 aliphatic carbocycles. The van der Waals surface area contributed by atoms with Crippen LogP contribution in [0.25, 0.3) is 0 Å². The van der Waals surface area contributed by atoms with E-state index in [0.29, 0.717) is 0 Å². The van der Waals surface area contributed by atoms with Gasteiger partial charge >= 0.3 is 0 Å². The van der Waals surface area contributed by atoms with Crippen molar-refractivity contribution in [2.45, 2.75) is 70.6 Å². The SMILES string of the molecule is CN1CCN(C=O)CC1.O=CN1CCCC1.O=CN1CCCCC1.O=CN1CCCCC1.O=CN1CCCCC1. The van der Waals surface area contributed by atoms with Gasteiger partial charge in [0, 0.05) is 78.5 Å². The predicted octanol–water partition coefficient (Wildman–Crippen LogP) is 1.51. The summed E-state index contributed by atoms with van der Waals surface area (Å²) in [5, 5.41) is 0. The van der Waals surface area contributed by atoms with E-state index in [4.69, 9.17) is 0 Å². The van der Waals surface area contributed by atoms with E-state index >= 15 is 0 Å². The number of likely N-dealkylation sites (tertiary alicyclic amines) is 4. The van der Waals surface area contributed by atoms with Gasteiger partial charge in [-0.1, -0.05) is 0 Å². The van der Waals surface area contributed by atoms with E-state index in [1.165, 1.54) is 70.6 Å². The fraction of sp³-hybridized carbons (Fsp3) is 0.828. The van der Waals surface area contributed by atoms with E-state index in [1.54, 1.807) is 9.80 Å². The first-order valence-electron chi connectivity index (χ1n) is 15.2. The Kier molecular flexibility index (Phi) is 21.3. The molecule has 0 aromatic heterocycles. The minimum absolute atomic E-state index is 0.889. The Labute approximate surface area is 241 Å². The molecule has 0 aromatic carbocycles. The number of carbonyl (C=O) groups is 5. The lowest BCUT2D eigenvalue weighted by Crippen LogP contribution is -2.43. The highest BCUT2D eigenvalue weighted by Crippen LogP contribution is 2.06. The summed E-state index contributed by atoms with van der Waals surface area (Å²) in [7, 11) is 2.07. The lowest BCUT2D eigenvalue weighted by Gasteiger charge is -2.29. The Morgan fingerprint density at radius 3 is 0.700 bits per heavy atom. The first-order chi connectivity index (χ1) is 19.6. The van der Waals surface area contributed by atoms with Crippen molar-refractivity contribution in [3.63, 3.8) is 0 Å². The standard InChI is InChI=1S/C6H12N2O.3C6H11NO.C5H9NO/c1-7-2-4-8(6-9)5-3-7;3*8-6-7-4-2-1-3-5-7;7-5-6-3-1-2-4-6/h6H,2-5H2,1H3;3*6H,1-5H2;5H,1-4H2. The smallest absolute Gasteiger partial charge is 0.209 e. The molecular weight excluding hydrogens is 512 g/mol. The van der Waals surface area contributed by atoms with Crippen molar-refractivity contribution in [2.24, 2.45) is 0 Å². The molecule has 0 atom stereocenters. The fourth-order valence-electron chi connectivity index (χ4n) is 4.85. The molecule has 40 heavy (non-hydrogen) atoms. The summed E-state index contributed by atoms with van der Waals surface area (Å²) < 4.78 is 0. The predicted molar refractivity (Wildman–Crippen MR) is 156 cm³/mol. The largest absolute Gasteiger partial charge is 0.345 e. The molecule has 0 N–H and O–H groups in total. The maximum Gasteiger partial charge on any atom is 0.209 e. The number of piperidine rings is 3. The maximum atomic E-state index is 10.2. The summed E-state index contributed by atoms with van der Waals surface area (Å²) in [5.41, 5.74) is 0. The summed E-state index contributed by atoms with van der Waals surface area (Å²) in [4.78, 5) is 61.7. The minimum atomic E-state index is 0.889. The third-order valence-electron chi connectivity index (χ3n) is 7.60. The zero-order valence-electron chi connectivity index (χ0n) is 24.9. The molecule has 230 valence electrons. The fourth-order valence-corrected chi connectivity index (χ4v) is 4.85. The first-order valence-corrected chi connectivity index (χ1v) is 15.2. The first kappa shape index (κ1) is 35.3. The Balaban J connectivity index is 0.000000250. The number of hydrogen-bond donors (Lipinski definition) is 0. The summed E-state index contributed by atoms with van der Waals surface area (Å²) in [6.45, 7) is 11.6. The number of piperazine rings is 1. The molecule has 5 fully saturated rings. The highest BCUT2D eigenvalue weighted by Gasteiger charge is 2.10. The van der Waals surface area contributed by atoms with Gasteiger partial charge in [0.05, 0.1) is 0 Å². The monoisotopic (exact) mass is 566 g/mol. The van der Waals surface area contributed by atoms with Crippen LogP contribution >= 0.6 is 0 Å². The Morgan fingerprint density at radius 1 is 0.300 bits per heavy atom. The van der Waals surface area contributed by atoms with Crippen molar-refractivity contribution in [3.8, 4) is 0 Å². The lowest BCUT2D eigenvalue weighted by atomic mass is 10.1. The van der Waals surface area contributed by atoms with E-state index in [1.807, 2.05) is 14.7 Å². The van der Waals surface area contributed by atoms with E-state index in [0.717, 1.165) is 111 Å². The van der Waals surface area contributed by atoms with Gasteiger partial charge in [-0.05, 0) is 77.7 Å². The average Bonchev–Trinajstić information content (AvgIpc) is 3.58. The summed E-state index contributed by atoms with van der Waals surface area (Å²) in [6.07, 6.45) is 18.1. The van der Waals surface area contributed by atoms with Gasteiger partial charge < -0.3 is 29.4 Å². The molecule has 0 aromatic rings. The molecule has 11 heteroatoms. The third-order valence-corrected chi connectivity index (χ3v) is 7.60. The Bertz CT molecular complexity index is 601. The molecule has 0 saturated carbocycles. The van der Waals surface area contributed by atoms with Gasteiger partial charge in [-0.25, -0.2) is 0 Å². The highest BCUT2D eigenvalue weighted by atomic mass is 16.1. The molecule has 11 nitrogen and oxygen atoms in total. The van der Waals surface area contributed by atoms with Crippen molar-refractivity contribution in [3.05, 3.63) is 0 Å². The molecule has 0 spiro atoms. The van der Waals surface area contributed by atoms with Crippen molar-refractivity contribution in [1.29, 1.82) is 0 Å². The van der Waals surface area contributed by atoms with Crippen molar-refractivity contribution in [1.82, 2.24) is 29.4 Å². The summed E-state index contributed by atoms with van der Waals surface area (Å²) in [5.74, 6) is 0. The second-order valence-electron chi connectivity index (χ2n) is 10.9. The molecular formula is C29H54N6O5. The molecule has 5 aliphatic heterocycles. The molecule has 5 rings (SSSR count). The van der Waals surface area contributed by atoms with Gasteiger partial charge in [0.1, 0.15) is 0 Å². The number of likely N-dealkylation sites (N-methyl/N-ethyl adjacent to an activating group) is 1. The van der Waals surface area contributed by atoms with Gasteiger partial charge in [0.15, 0.2) is 0 Å². The van der Waals surface area contributed by atoms with Crippen LogP contribution in [0.3, 0.4) is 0 Å². The highest BCUT2D eigenvalue weighted by molar-refractivity contribution is 5.48. The molecule has 5 saturated heterocycles. The van der Waals surface area contributed by atoms with Crippen molar-refractivity contribution in [2.75, 3.05) is 85.6 Å². The van der Waals surface area contributed by atoms with Gasteiger partial charge in [0.25, 0.3) is 0 Å². The average molecular weight is 567 g/mol. The number of nitrogens with zero attached hydrogens (tertiary/aromatic N) is 6. The molecule has 5 heterocycles. The second kappa shape index (κ2) is 24.1. The van der Waals surface area contributed by atoms with Gasteiger partial charge in [-0.15, -0.1) is 0 Å². The molecule has 5 aliphatic rings. The molecule has 0 radical (unpaired) electrons. The van der Waals surface area contributed by atoms with E-state index in [9.17, 15) is 24.0 Å². The topological polar surface area (TPSA) is 105 Å². The minimum Gasteiger partial charge on any atom is -0.345 e. The van der Waals surface area contributed by atoms with E-state index in [-0.39, 0.29) is 0 Å². The number of carbonyl (C=O) groups excluding carboxylic acids is 5. The zero-order chi connectivity index (χ0) is 29.3. The van der Waals surface area contributed by atoms with Crippen LogP contribution in [0.5, 0.6) is 0 Å². The number of hydrogen-bond acceptors (Lipinski definition) is 6.